The van der Waals surface area contributed by atoms with Crippen LogP contribution in [0.15, 0.2) is 146 Å². The second-order valence-corrected chi connectivity index (χ2v) is 12.4. The third-order valence-corrected chi connectivity index (χ3v) is 9.76. The van der Waals surface area contributed by atoms with Gasteiger partial charge in [0.15, 0.2) is 11.5 Å². The third kappa shape index (κ3) is 4.20. The highest BCUT2D eigenvalue weighted by atomic mass is 32.1. The van der Waals surface area contributed by atoms with Crippen molar-refractivity contribution in [2.45, 2.75) is 0 Å². The van der Waals surface area contributed by atoms with Gasteiger partial charge in [0.1, 0.15) is 0 Å². The van der Waals surface area contributed by atoms with Crippen LogP contribution in [0, 0.1) is 6.57 Å². The summed E-state index contributed by atoms with van der Waals surface area (Å²) in [5.41, 5.74) is 10.1. The molecule has 0 unspecified atom stereocenters. The highest BCUT2D eigenvalue weighted by molar-refractivity contribution is 7.26. The number of rotatable bonds is 4. The summed E-state index contributed by atoms with van der Waals surface area (Å²) in [5, 5.41) is 3.61. The molecule has 3 aromatic heterocycles. The van der Waals surface area contributed by atoms with Crippen molar-refractivity contribution in [3.63, 3.8) is 0 Å². The minimum Gasteiger partial charge on any atom is -0.309 e. The Morgan fingerprint density at radius 2 is 1.22 bits per heavy atom. The van der Waals surface area contributed by atoms with Crippen molar-refractivity contribution in [1.82, 2.24) is 14.5 Å². The number of benzene rings is 6. The molecular weight excluding hydrogens is 581 g/mol. The number of hydrogen-bond donors (Lipinski definition) is 0. The molecule has 0 spiro atoms. The van der Waals surface area contributed by atoms with Gasteiger partial charge in [-0.15, -0.1) is 11.3 Å². The molecule has 6 aromatic carbocycles. The van der Waals surface area contributed by atoms with Gasteiger partial charge in [0.25, 0.3) is 0 Å². The van der Waals surface area contributed by atoms with Crippen molar-refractivity contribution in [2.75, 3.05) is 0 Å². The van der Waals surface area contributed by atoms with Crippen LogP contribution in [0.25, 0.3) is 86.4 Å². The van der Waals surface area contributed by atoms with E-state index in [1.54, 1.807) is 11.3 Å². The minimum absolute atomic E-state index is 0.594. The Morgan fingerprint density at radius 3 is 2.00 bits per heavy atom. The SMILES string of the molecule is [C-]#[N+]c1cccc(-c2nc(-c3ccccc3)nc3c2sc2cc(-c4cccc(-n5c6ccccc6c6ccccc65)c4)ccc23)c1. The van der Waals surface area contributed by atoms with Gasteiger partial charge in [-0.25, -0.2) is 14.8 Å². The van der Waals surface area contributed by atoms with Crippen LogP contribution in [0.1, 0.15) is 0 Å². The Kier molecular flexibility index (Phi) is 6.02. The van der Waals surface area contributed by atoms with Crippen LogP contribution < -0.4 is 0 Å². The largest absolute Gasteiger partial charge is 0.309 e. The molecule has 214 valence electrons. The Hall–Kier alpha value is -6.09. The van der Waals surface area contributed by atoms with Crippen molar-refractivity contribution >= 4 is 59.1 Å². The molecule has 46 heavy (non-hydrogen) atoms. The normalized spacial score (nSPS) is 11.5. The van der Waals surface area contributed by atoms with Gasteiger partial charge >= 0.3 is 0 Å². The highest BCUT2D eigenvalue weighted by Crippen LogP contribution is 2.42. The number of aromatic nitrogens is 3. The Bertz CT molecular complexity index is 2610. The summed E-state index contributed by atoms with van der Waals surface area (Å²) >= 11 is 1.71. The zero-order chi connectivity index (χ0) is 30.6. The molecule has 0 fully saturated rings. The molecule has 0 saturated heterocycles. The van der Waals surface area contributed by atoms with Gasteiger partial charge in [0.05, 0.1) is 33.5 Å². The van der Waals surface area contributed by atoms with Crippen molar-refractivity contribution in [2.24, 2.45) is 0 Å². The standard InChI is InChI=1S/C41H24N4S/c1-42-30-15-9-14-29(23-30)38-40-39(44-41(43-38)26-11-3-2-4-12-26)34-22-21-28(25-37(34)46-40)27-13-10-16-31(24-27)45-35-19-7-5-17-32(35)33-18-6-8-20-36(33)45/h2-25H. The molecule has 0 bridgehead atoms. The van der Waals surface area contributed by atoms with E-state index in [-0.39, 0.29) is 0 Å². The van der Waals surface area contributed by atoms with Gasteiger partial charge in [-0.2, -0.15) is 0 Å². The number of para-hydroxylation sites is 2. The number of fused-ring (bicyclic) bond motifs is 6. The van der Waals surface area contributed by atoms with Gasteiger partial charge in [0.2, 0.25) is 0 Å². The van der Waals surface area contributed by atoms with Crippen molar-refractivity contribution in [3.05, 3.63) is 157 Å². The van der Waals surface area contributed by atoms with E-state index in [0.29, 0.717) is 11.5 Å². The van der Waals surface area contributed by atoms with E-state index in [1.165, 1.54) is 21.8 Å². The third-order valence-electron chi connectivity index (χ3n) is 8.61. The van der Waals surface area contributed by atoms with Gasteiger partial charge in [-0.1, -0.05) is 109 Å². The summed E-state index contributed by atoms with van der Waals surface area (Å²) in [6.07, 6.45) is 0. The fourth-order valence-electron chi connectivity index (χ4n) is 6.48. The zero-order valence-corrected chi connectivity index (χ0v) is 25.4. The van der Waals surface area contributed by atoms with Gasteiger partial charge in [-0.3, -0.25) is 0 Å². The van der Waals surface area contributed by atoms with Crippen LogP contribution in [0.3, 0.4) is 0 Å². The monoisotopic (exact) mass is 604 g/mol. The average Bonchev–Trinajstić information content (AvgIpc) is 3.67. The number of hydrogen-bond acceptors (Lipinski definition) is 3. The second-order valence-electron chi connectivity index (χ2n) is 11.3. The van der Waals surface area contributed by atoms with E-state index in [2.05, 4.69) is 100 Å². The molecule has 0 atom stereocenters. The molecule has 5 heteroatoms. The molecule has 9 aromatic rings. The van der Waals surface area contributed by atoms with E-state index in [0.717, 1.165) is 53.9 Å². The first-order valence-corrected chi connectivity index (χ1v) is 15.9. The highest BCUT2D eigenvalue weighted by Gasteiger charge is 2.18. The lowest BCUT2D eigenvalue weighted by atomic mass is 10.0. The molecule has 0 aliphatic carbocycles. The fourth-order valence-corrected chi connectivity index (χ4v) is 7.67. The van der Waals surface area contributed by atoms with Gasteiger partial charge in [-0.05, 0) is 53.1 Å². The first kappa shape index (κ1) is 26.3. The van der Waals surface area contributed by atoms with E-state index >= 15 is 0 Å². The van der Waals surface area contributed by atoms with Crippen LogP contribution in [0.4, 0.5) is 5.69 Å². The Labute approximate surface area is 269 Å². The summed E-state index contributed by atoms with van der Waals surface area (Å²) in [6, 6.07) is 50.5. The van der Waals surface area contributed by atoms with E-state index < -0.39 is 0 Å². The lowest BCUT2D eigenvalue weighted by Gasteiger charge is -2.10. The number of nitrogens with zero attached hydrogens (tertiary/aromatic N) is 4. The topological polar surface area (TPSA) is 35.1 Å². The fraction of sp³-hybridized carbons (Fsp3) is 0. The molecule has 0 aliphatic rings. The molecule has 0 N–H and O–H groups in total. The predicted octanol–water partition coefficient (Wildman–Crippen LogP) is 11.5. The van der Waals surface area contributed by atoms with Crippen molar-refractivity contribution in [1.29, 1.82) is 0 Å². The summed E-state index contributed by atoms with van der Waals surface area (Å²) in [6.45, 7) is 7.57. The maximum Gasteiger partial charge on any atom is 0.187 e. The lowest BCUT2D eigenvalue weighted by Crippen LogP contribution is -1.94. The average molecular weight is 605 g/mol. The van der Waals surface area contributed by atoms with Gasteiger partial charge in [0, 0.05) is 32.1 Å². The molecular formula is C41H24N4S. The maximum absolute atomic E-state index is 7.57. The quantitative estimate of drug-likeness (QED) is 0.187. The van der Waals surface area contributed by atoms with Crippen LogP contribution in [-0.4, -0.2) is 14.5 Å². The summed E-state index contributed by atoms with van der Waals surface area (Å²) < 4.78 is 4.53. The van der Waals surface area contributed by atoms with Crippen LogP contribution in [-0.2, 0) is 0 Å². The zero-order valence-electron chi connectivity index (χ0n) is 24.6. The van der Waals surface area contributed by atoms with E-state index in [4.69, 9.17) is 16.5 Å². The molecule has 0 saturated carbocycles. The van der Waals surface area contributed by atoms with E-state index in [1.807, 2.05) is 54.6 Å². The Balaban J connectivity index is 1.22. The molecule has 0 amide bonds. The maximum atomic E-state index is 7.57. The summed E-state index contributed by atoms with van der Waals surface area (Å²) in [7, 11) is 0. The van der Waals surface area contributed by atoms with Crippen LogP contribution in [0.5, 0.6) is 0 Å². The van der Waals surface area contributed by atoms with Gasteiger partial charge < -0.3 is 4.57 Å². The molecule has 0 aliphatic heterocycles. The molecule has 0 radical (unpaired) electrons. The molecule has 3 heterocycles. The molecule has 4 nitrogen and oxygen atoms in total. The minimum atomic E-state index is 0.594. The van der Waals surface area contributed by atoms with Crippen LogP contribution in [0.2, 0.25) is 0 Å². The lowest BCUT2D eigenvalue weighted by molar-refractivity contribution is 1.18. The van der Waals surface area contributed by atoms with Crippen molar-refractivity contribution in [3.8, 4) is 39.5 Å². The number of thiophene rings is 1. The first-order chi connectivity index (χ1) is 22.7. The smallest absolute Gasteiger partial charge is 0.187 e. The second kappa shape index (κ2) is 10.5. The molecule has 9 rings (SSSR count). The summed E-state index contributed by atoms with van der Waals surface area (Å²) in [5.74, 6) is 0.680. The van der Waals surface area contributed by atoms with Crippen LogP contribution >= 0.6 is 11.3 Å². The summed E-state index contributed by atoms with van der Waals surface area (Å²) in [4.78, 5) is 13.9. The first-order valence-electron chi connectivity index (χ1n) is 15.1. The van der Waals surface area contributed by atoms with E-state index in [9.17, 15) is 0 Å². The van der Waals surface area contributed by atoms with Crippen molar-refractivity contribution < 1.29 is 0 Å². The predicted molar refractivity (Wildman–Crippen MR) is 192 cm³/mol. The Morgan fingerprint density at radius 1 is 0.543 bits per heavy atom.